The van der Waals surface area contributed by atoms with Crippen LogP contribution in [-0.2, 0) is 19.1 Å². The van der Waals surface area contributed by atoms with E-state index in [4.69, 9.17) is 9.47 Å². The van der Waals surface area contributed by atoms with Gasteiger partial charge < -0.3 is 9.47 Å². The lowest BCUT2D eigenvalue weighted by Gasteiger charge is -2.14. The van der Waals surface area contributed by atoms with Gasteiger partial charge in [-0.2, -0.15) is 0 Å². The Labute approximate surface area is 128 Å². The van der Waals surface area contributed by atoms with Crippen molar-refractivity contribution >= 4 is 18.2 Å². The molecule has 0 aliphatic heterocycles. The van der Waals surface area contributed by atoms with Gasteiger partial charge in [-0.3, -0.25) is 4.79 Å². The first-order valence-corrected chi connectivity index (χ1v) is 6.95. The lowest BCUT2D eigenvalue weighted by atomic mass is 10.1. The van der Waals surface area contributed by atoms with Gasteiger partial charge in [-0.15, -0.1) is 0 Å². The van der Waals surface area contributed by atoms with Crippen molar-refractivity contribution in [1.82, 2.24) is 0 Å². The third-order valence-corrected chi connectivity index (χ3v) is 3.07. The Morgan fingerprint density at radius 3 is 2.59 bits per heavy atom. The molecule has 0 saturated carbocycles. The summed E-state index contributed by atoms with van der Waals surface area (Å²) in [4.78, 5) is 34.6. The van der Waals surface area contributed by atoms with E-state index in [0.717, 1.165) is 6.42 Å². The first kappa shape index (κ1) is 15.7. The van der Waals surface area contributed by atoms with Gasteiger partial charge >= 0.3 is 11.9 Å². The Morgan fingerprint density at radius 1 is 1.18 bits per heavy atom. The molecule has 1 aromatic rings. The summed E-state index contributed by atoms with van der Waals surface area (Å²) in [5.41, 5.74) is 0.877. The molecule has 1 aliphatic carbocycles. The second-order valence-corrected chi connectivity index (χ2v) is 4.70. The van der Waals surface area contributed by atoms with E-state index in [1.807, 2.05) is 6.08 Å². The van der Waals surface area contributed by atoms with Crippen molar-refractivity contribution < 1.29 is 23.9 Å². The van der Waals surface area contributed by atoms with E-state index in [-0.39, 0.29) is 6.61 Å². The van der Waals surface area contributed by atoms with Gasteiger partial charge in [-0.1, -0.05) is 36.4 Å². The summed E-state index contributed by atoms with van der Waals surface area (Å²) < 4.78 is 10.0. The molecule has 5 heteroatoms. The molecular formula is C17H16O5. The van der Waals surface area contributed by atoms with Crippen LogP contribution < -0.4 is 0 Å². The SMILES string of the molecule is O=CC(COC(=O)C1=CC=CCC1)OC(=O)c1ccccc1. The molecule has 0 bridgehead atoms. The highest BCUT2D eigenvalue weighted by atomic mass is 16.6. The van der Waals surface area contributed by atoms with Crippen molar-refractivity contribution in [3.8, 4) is 0 Å². The van der Waals surface area contributed by atoms with E-state index < -0.39 is 18.0 Å². The first-order chi connectivity index (χ1) is 10.7. The molecule has 1 atom stereocenters. The van der Waals surface area contributed by atoms with Gasteiger partial charge in [0.2, 0.25) is 0 Å². The summed E-state index contributed by atoms with van der Waals surface area (Å²) in [6.07, 6.45) is 6.13. The second-order valence-electron chi connectivity index (χ2n) is 4.70. The fourth-order valence-corrected chi connectivity index (χ4v) is 1.90. The van der Waals surface area contributed by atoms with Gasteiger partial charge in [0, 0.05) is 5.57 Å². The van der Waals surface area contributed by atoms with Crippen LogP contribution in [0.5, 0.6) is 0 Å². The molecule has 0 amide bonds. The van der Waals surface area contributed by atoms with Gasteiger partial charge in [-0.05, 0) is 25.0 Å². The van der Waals surface area contributed by atoms with Crippen molar-refractivity contribution in [3.05, 3.63) is 59.7 Å². The zero-order valence-electron chi connectivity index (χ0n) is 11.9. The summed E-state index contributed by atoms with van der Waals surface area (Å²) in [6, 6.07) is 8.30. The zero-order chi connectivity index (χ0) is 15.8. The van der Waals surface area contributed by atoms with Gasteiger partial charge in [0.1, 0.15) is 6.61 Å². The molecule has 0 spiro atoms. The average Bonchev–Trinajstić information content (AvgIpc) is 2.59. The number of esters is 2. The van der Waals surface area contributed by atoms with E-state index in [1.165, 1.54) is 0 Å². The van der Waals surface area contributed by atoms with Crippen LogP contribution in [0.3, 0.4) is 0 Å². The number of rotatable bonds is 6. The maximum atomic E-state index is 11.8. The summed E-state index contributed by atoms with van der Waals surface area (Å²) >= 11 is 0. The normalized spacial score (nSPS) is 14.6. The van der Waals surface area contributed by atoms with Crippen molar-refractivity contribution in [3.63, 3.8) is 0 Å². The Kier molecular flexibility index (Phi) is 5.65. The van der Waals surface area contributed by atoms with E-state index in [2.05, 4.69) is 0 Å². The molecule has 2 rings (SSSR count). The molecule has 22 heavy (non-hydrogen) atoms. The number of ether oxygens (including phenoxy) is 2. The molecule has 5 nitrogen and oxygen atoms in total. The van der Waals surface area contributed by atoms with Crippen molar-refractivity contribution in [2.24, 2.45) is 0 Å². The highest BCUT2D eigenvalue weighted by molar-refractivity contribution is 5.91. The van der Waals surface area contributed by atoms with Crippen LogP contribution in [0.15, 0.2) is 54.1 Å². The smallest absolute Gasteiger partial charge is 0.338 e. The zero-order valence-corrected chi connectivity index (χ0v) is 11.9. The third kappa shape index (κ3) is 4.41. The van der Waals surface area contributed by atoms with Crippen LogP contribution >= 0.6 is 0 Å². The predicted molar refractivity (Wildman–Crippen MR) is 79.1 cm³/mol. The van der Waals surface area contributed by atoms with Crippen LogP contribution in [0.25, 0.3) is 0 Å². The van der Waals surface area contributed by atoms with E-state index >= 15 is 0 Å². The minimum atomic E-state index is -1.11. The number of carbonyl (C=O) groups excluding carboxylic acids is 3. The summed E-state index contributed by atoms with van der Waals surface area (Å²) in [5, 5.41) is 0. The van der Waals surface area contributed by atoms with Gasteiger partial charge in [0.25, 0.3) is 0 Å². The molecule has 1 aromatic carbocycles. The molecule has 114 valence electrons. The number of benzene rings is 1. The summed E-state index contributed by atoms with van der Waals surface area (Å²) in [5.74, 6) is -1.12. The Balaban J connectivity index is 1.86. The largest absolute Gasteiger partial charge is 0.458 e. The first-order valence-electron chi connectivity index (χ1n) is 6.95. The summed E-state index contributed by atoms with van der Waals surface area (Å²) in [7, 11) is 0. The van der Waals surface area contributed by atoms with Crippen LogP contribution in [0.2, 0.25) is 0 Å². The Hall–Kier alpha value is -2.69. The standard InChI is InChI=1S/C17H16O5/c18-11-15(22-17(20)14-9-5-2-6-10-14)12-21-16(19)13-7-3-1-4-8-13/h1-3,5-7,9-11,15H,4,8,12H2. The number of carbonyl (C=O) groups is 3. The topological polar surface area (TPSA) is 69.7 Å². The second kappa shape index (κ2) is 7.93. The predicted octanol–water partition coefficient (Wildman–Crippen LogP) is 2.23. The average molecular weight is 300 g/mol. The fraction of sp³-hybridized carbons (Fsp3) is 0.235. The minimum absolute atomic E-state index is 0.290. The summed E-state index contributed by atoms with van der Waals surface area (Å²) in [6.45, 7) is -0.290. The number of aldehydes is 1. The Morgan fingerprint density at radius 2 is 1.95 bits per heavy atom. The van der Waals surface area contributed by atoms with E-state index in [0.29, 0.717) is 23.8 Å². The molecule has 0 N–H and O–H groups in total. The van der Waals surface area contributed by atoms with Crippen LogP contribution in [0.1, 0.15) is 23.2 Å². The highest BCUT2D eigenvalue weighted by Crippen LogP contribution is 2.13. The lowest BCUT2D eigenvalue weighted by molar-refractivity contribution is -0.143. The third-order valence-electron chi connectivity index (χ3n) is 3.07. The van der Waals surface area contributed by atoms with E-state index in [1.54, 1.807) is 42.5 Å². The van der Waals surface area contributed by atoms with Crippen LogP contribution in [0.4, 0.5) is 0 Å². The Bertz CT molecular complexity index is 601. The van der Waals surface area contributed by atoms with Crippen molar-refractivity contribution in [1.29, 1.82) is 0 Å². The molecular weight excluding hydrogens is 284 g/mol. The molecule has 1 unspecified atom stereocenters. The molecule has 1 aliphatic rings. The quantitative estimate of drug-likeness (QED) is 0.595. The highest BCUT2D eigenvalue weighted by Gasteiger charge is 2.19. The van der Waals surface area contributed by atoms with Gasteiger partial charge in [0.05, 0.1) is 5.56 Å². The maximum Gasteiger partial charge on any atom is 0.338 e. The van der Waals surface area contributed by atoms with E-state index in [9.17, 15) is 14.4 Å². The molecule has 0 radical (unpaired) electrons. The van der Waals surface area contributed by atoms with Crippen molar-refractivity contribution in [2.45, 2.75) is 18.9 Å². The molecule has 0 heterocycles. The maximum absolute atomic E-state index is 11.8. The molecule has 0 fully saturated rings. The number of hydrogen-bond donors (Lipinski definition) is 0. The lowest BCUT2D eigenvalue weighted by Crippen LogP contribution is -2.27. The van der Waals surface area contributed by atoms with Gasteiger partial charge in [0.15, 0.2) is 12.4 Å². The fourth-order valence-electron chi connectivity index (χ4n) is 1.90. The van der Waals surface area contributed by atoms with Crippen LogP contribution in [-0.4, -0.2) is 30.9 Å². The number of allylic oxidation sites excluding steroid dienone is 3. The van der Waals surface area contributed by atoms with Crippen LogP contribution in [0, 0.1) is 0 Å². The number of hydrogen-bond acceptors (Lipinski definition) is 5. The van der Waals surface area contributed by atoms with Gasteiger partial charge in [-0.25, -0.2) is 9.59 Å². The molecule has 0 aromatic heterocycles. The molecule has 0 saturated heterocycles. The van der Waals surface area contributed by atoms with Crippen molar-refractivity contribution in [2.75, 3.05) is 6.61 Å². The monoisotopic (exact) mass is 300 g/mol. The minimum Gasteiger partial charge on any atom is -0.458 e.